The SMILES string of the molecule is O=S(=O)(Nc1ccc(Nc2ccccc2)cc1)C(F)(F)F. The van der Waals surface area contributed by atoms with Gasteiger partial charge in [0.1, 0.15) is 0 Å². The highest BCUT2D eigenvalue weighted by Crippen LogP contribution is 2.26. The molecular weight excluding hydrogens is 305 g/mol. The zero-order valence-corrected chi connectivity index (χ0v) is 11.4. The standard InChI is InChI=1S/C13H11F3N2O2S/c14-13(15,16)21(19,20)18-12-8-6-11(7-9-12)17-10-4-2-1-3-5-10/h1-9,17-18H. The predicted octanol–water partition coefficient (Wildman–Crippen LogP) is 3.69. The van der Waals surface area contributed by atoms with Gasteiger partial charge in [-0.05, 0) is 36.4 Å². The van der Waals surface area contributed by atoms with E-state index in [9.17, 15) is 21.6 Å². The second-order valence-corrected chi connectivity index (χ2v) is 5.79. The van der Waals surface area contributed by atoms with Crippen LogP contribution in [0.15, 0.2) is 54.6 Å². The zero-order valence-electron chi connectivity index (χ0n) is 10.6. The van der Waals surface area contributed by atoms with E-state index in [-0.39, 0.29) is 5.69 Å². The molecule has 0 atom stereocenters. The zero-order chi connectivity index (χ0) is 15.5. The first-order valence-electron chi connectivity index (χ1n) is 5.79. The Kier molecular flexibility index (Phi) is 4.08. The highest BCUT2D eigenvalue weighted by atomic mass is 32.2. The summed E-state index contributed by atoms with van der Waals surface area (Å²) in [5.74, 6) is 0. The Morgan fingerprint density at radius 3 is 1.76 bits per heavy atom. The number of hydrogen-bond donors (Lipinski definition) is 2. The molecule has 112 valence electrons. The van der Waals surface area contributed by atoms with Gasteiger partial charge in [0.05, 0.1) is 0 Å². The Morgan fingerprint density at radius 1 is 0.762 bits per heavy atom. The molecule has 0 aliphatic heterocycles. The topological polar surface area (TPSA) is 58.2 Å². The van der Waals surface area contributed by atoms with Crippen LogP contribution in [0, 0.1) is 0 Å². The van der Waals surface area contributed by atoms with Crippen LogP contribution in [-0.4, -0.2) is 13.9 Å². The van der Waals surface area contributed by atoms with E-state index in [0.29, 0.717) is 5.69 Å². The van der Waals surface area contributed by atoms with Crippen LogP contribution in [0.2, 0.25) is 0 Å². The van der Waals surface area contributed by atoms with Gasteiger partial charge in [0.2, 0.25) is 0 Å². The summed E-state index contributed by atoms with van der Waals surface area (Å²) in [6.45, 7) is 0. The minimum absolute atomic E-state index is 0.161. The summed E-state index contributed by atoms with van der Waals surface area (Å²) in [6, 6.07) is 14.6. The molecule has 0 unspecified atom stereocenters. The van der Waals surface area contributed by atoms with Gasteiger partial charge in [-0.1, -0.05) is 18.2 Å². The van der Waals surface area contributed by atoms with Gasteiger partial charge < -0.3 is 5.32 Å². The number of sulfonamides is 1. The molecule has 2 aromatic carbocycles. The number of rotatable bonds is 4. The van der Waals surface area contributed by atoms with E-state index < -0.39 is 15.5 Å². The van der Waals surface area contributed by atoms with Crippen molar-refractivity contribution in [2.45, 2.75) is 5.51 Å². The normalized spacial score (nSPS) is 12.0. The number of anilines is 3. The van der Waals surface area contributed by atoms with E-state index in [1.54, 1.807) is 0 Å². The molecule has 0 spiro atoms. The van der Waals surface area contributed by atoms with E-state index in [2.05, 4.69) is 5.32 Å². The van der Waals surface area contributed by atoms with Crippen molar-refractivity contribution in [1.29, 1.82) is 0 Å². The van der Waals surface area contributed by atoms with Crippen molar-refractivity contribution >= 4 is 27.1 Å². The second kappa shape index (κ2) is 5.65. The van der Waals surface area contributed by atoms with Crippen LogP contribution in [0.5, 0.6) is 0 Å². The maximum absolute atomic E-state index is 12.2. The summed E-state index contributed by atoms with van der Waals surface area (Å²) in [7, 11) is -5.39. The number of nitrogens with one attached hydrogen (secondary N) is 2. The Balaban J connectivity index is 2.10. The maximum atomic E-state index is 12.2. The van der Waals surface area contributed by atoms with Crippen molar-refractivity contribution in [1.82, 2.24) is 0 Å². The third-order valence-electron chi connectivity index (χ3n) is 2.50. The highest BCUT2D eigenvalue weighted by Gasteiger charge is 2.45. The number of para-hydroxylation sites is 1. The molecule has 0 aliphatic rings. The Bertz CT molecular complexity index is 698. The molecule has 0 aromatic heterocycles. The van der Waals surface area contributed by atoms with Crippen molar-refractivity contribution < 1.29 is 21.6 Å². The van der Waals surface area contributed by atoms with E-state index >= 15 is 0 Å². The van der Waals surface area contributed by atoms with Gasteiger partial charge >= 0.3 is 15.5 Å². The molecule has 0 saturated heterocycles. The molecule has 21 heavy (non-hydrogen) atoms. The van der Waals surface area contributed by atoms with Crippen molar-refractivity contribution in [2.24, 2.45) is 0 Å². The Hall–Kier alpha value is -2.22. The first-order chi connectivity index (χ1) is 9.78. The van der Waals surface area contributed by atoms with Crippen LogP contribution in [0.1, 0.15) is 0 Å². The Labute approximate surface area is 119 Å². The van der Waals surface area contributed by atoms with Crippen molar-refractivity contribution in [3.8, 4) is 0 Å². The molecule has 0 saturated carbocycles. The molecule has 2 rings (SSSR count). The number of benzene rings is 2. The molecule has 2 aromatic rings. The van der Waals surface area contributed by atoms with E-state index in [0.717, 1.165) is 5.69 Å². The summed E-state index contributed by atoms with van der Waals surface area (Å²) < 4.78 is 60.0. The monoisotopic (exact) mass is 316 g/mol. The minimum atomic E-state index is -5.39. The second-order valence-electron chi connectivity index (χ2n) is 4.12. The smallest absolute Gasteiger partial charge is 0.356 e. The third-order valence-corrected chi connectivity index (χ3v) is 3.62. The lowest BCUT2D eigenvalue weighted by Gasteiger charge is -2.11. The first kappa shape index (κ1) is 15.2. The maximum Gasteiger partial charge on any atom is 0.516 e. The largest absolute Gasteiger partial charge is 0.516 e. The molecule has 2 N–H and O–H groups in total. The lowest BCUT2D eigenvalue weighted by Crippen LogP contribution is -2.29. The fourth-order valence-electron chi connectivity index (χ4n) is 1.52. The molecule has 0 bridgehead atoms. The summed E-state index contributed by atoms with van der Waals surface area (Å²) >= 11 is 0. The van der Waals surface area contributed by atoms with Crippen LogP contribution in [0.25, 0.3) is 0 Å². The molecule has 0 heterocycles. The van der Waals surface area contributed by atoms with Crippen LogP contribution >= 0.6 is 0 Å². The first-order valence-corrected chi connectivity index (χ1v) is 7.27. The van der Waals surface area contributed by atoms with E-state index in [1.165, 1.54) is 29.0 Å². The highest BCUT2D eigenvalue weighted by molar-refractivity contribution is 7.93. The van der Waals surface area contributed by atoms with Crippen molar-refractivity contribution in [3.05, 3.63) is 54.6 Å². The van der Waals surface area contributed by atoms with Crippen LogP contribution in [0.4, 0.5) is 30.2 Å². The average molecular weight is 316 g/mol. The molecule has 4 nitrogen and oxygen atoms in total. The summed E-state index contributed by atoms with van der Waals surface area (Å²) in [4.78, 5) is 0. The van der Waals surface area contributed by atoms with Gasteiger partial charge in [-0.15, -0.1) is 0 Å². The molecule has 8 heteroatoms. The van der Waals surface area contributed by atoms with Gasteiger partial charge in [-0.2, -0.15) is 21.6 Å². The van der Waals surface area contributed by atoms with Gasteiger partial charge in [-0.25, -0.2) is 0 Å². The summed E-state index contributed by atoms with van der Waals surface area (Å²) in [5.41, 5.74) is -4.07. The van der Waals surface area contributed by atoms with Gasteiger partial charge in [0, 0.05) is 17.1 Å². The fraction of sp³-hybridized carbons (Fsp3) is 0.0769. The molecule has 0 fully saturated rings. The number of halogens is 3. The Morgan fingerprint density at radius 2 is 1.24 bits per heavy atom. The third kappa shape index (κ3) is 3.88. The van der Waals surface area contributed by atoms with Crippen LogP contribution in [-0.2, 0) is 10.0 Å². The van der Waals surface area contributed by atoms with Gasteiger partial charge in [-0.3, -0.25) is 4.72 Å². The summed E-state index contributed by atoms with van der Waals surface area (Å²) in [5, 5.41) is 3.02. The predicted molar refractivity (Wildman–Crippen MR) is 74.8 cm³/mol. The lowest BCUT2D eigenvalue weighted by atomic mass is 10.2. The average Bonchev–Trinajstić information content (AvgIpc) is 2.41. The quantitative estimate of drug-likeness (QED) is 0.904. The molecule has 0 aliphatic carbocycles. The van der Waals surface area contributed by atoms with Gasteiger partial charge in [0.25, 0.3) is 0 Å². The van der Waals surface area contributed by atoms with Crippen LogP contribution < -0.4 is 10.0 Å². The fourth-order valence-corrected chi connectivity index (χ4v) is 2.08. The van der Waals surface area contributed by atoms with Crippen molar-refractivity contribution in [2.75, 3.05) is 10.0 Å². The molecule has 0 amide bonds. The number of hydrogen-bond acceptors (Lipinski definition) is 3. The van der Waals surface area contributed by atoms with Crippen LogP contribution in [0.3, 0.4) is 0 Å². The van der Waals surface area contributed by atoms with E-state index in [1.807, 2.05) is 30.3 Å². The molecule has 0 radical (unpaired) electrons. The lowest BCUT2D eigenvalue weighted by molar-refractivity contribution is -0.0429. The molecular formula is C13H11F3N2O2S. The van der Waals surface area contributed by atoms with Gasteiger partial charge in [0.15, 0.2) is 0 Å². The summed E-state index contributed by atoms with van der Waals surface area (Å²) in [6.07, 6.45) is 0. The van der Waals surface area contributed by atoms with E-state index in [4.69, 9.17) is 0 Å². The van der Waals surface area contributed by atoms with Crippen molar-refractivity contribution in [3.63, 3.8) is 0 Å². The minimum Gasteiger partial charge on any atom is -0.356 e. The number of alkyl halides is 3.